The second kappa shape index (κ2) is 6.01. The van der Waals surface area contributed by atoms with Crippen LogP contribution in [0.5, 0.6) is 0 Å². The lowest BCUT2D eigenvalue weighted by atomic mass is 10.00. The molecule has 7 heteroatoms. The highest BCUT2D eigenvalue weighted by molar-refractivity contribution is 7.10. The molecular weight excluding hydrogens is 302 g/mol. The summed E-state index contributed by atoms with van der Waals surface area (Å²) in [5.74, 6) is -1.98. The number of carbonyl (C=O) groups excluding carboxylic acids is 1. The maximum Gasteiger partial charge on any atom is 0.337 e. The van der Waals surface area contributed by atoms with Gasteiger partial charge in [0.05, 0.1) is 23.1 Å². The van der Waals surface area contributed by atoms with Gasteiger partial charge in [0.15, 0.2) is 0 Å². The van der Waals surface area contributed by atoms with Gasteiger partial charge in [-0.15, -0.1) is 11.3 Å². The lowest BCUT2D eigenvalue weighted by Crippen LogP contribution is -2.05. The zero-order valence-electron chi connectivity index (χ0n) is 10.8. The lowest BCUT2D eigenvalue weighted by molar-refractivity contribution is 0.0600. The van der Waals surface area contributed by atoms with Crippen LogP contribution in [0.3, 0.4) is 0 Å². The maximum atomic E-state index is 12.9. The Balaban J connectivity index is 2.62. The van der Waals surface area contributed by atoms with Crippen molar-refractivity contribution in [1.82, 2.24) is 0 Å². The molecule has 1 heterocycles. The molecule has 1 aromatic carbocycles. The average molecular weight is 312 g/mol. The van der Waals surface area contributed by atoms with Crippen molar-refractivity contribution in [2.45, 2.75) is 6.43 Å². The SMILES string of the molecule is COC(=O)c1cc(C(=O)O)cc(-c2ccsc2C(F)F)c1. The van der Waals surface area contributed by atoms with Gasteiger partial charge in [0.1, 0.15) is 0 Å². The Hall–Kier alpha value is -2.28. The van der Waals surface area contributed by atoms with E-state index in [1.165, 1.54) is 23.6 Å². The van der Waals surface area contributed by atoms with Crippen LogP contribution < -0.4 is 0 Å². The molecule has 0 atom stereocenters. The molecule has 0 unspecified atom stereocenters. The standard InChI is InChI=1S/C14H10F2O4S/c1-20-14(19)9-5-7(4-8(6-9)13(17)18)10-2-3-21-11(10)12(15)16/h2-6,12H,1H3,(H,17,18). The number of rotatable bonds is 4. The minimum Gasteiger partial charge on any atom is -0.478 e. The molecule has 0 amide bonds. The lowest BCUT2D eigenvalue weighted by Gasteiger charge is -2.08. The van der Waals surface area contributed by atoms with Gasteiger partial charge in [0.25, 0.3) is 6.43 Å². The van der Waals surface area contributed by atoms with Crippen molar-refractivity contribution in [3.8, 4) is 11.1 Å². The number of hydrogen-bond acceptors (Lipinski definition) is 4. The van der Waals surface area contributed by atoms with Gasteiger partial charge in [-0.2, -0.15) is 0 Å². The van der Waals surface area contributed by atoms with Crippen LogP contribution in [-0.2, 0) is 4.74 Å². The van der Waals surface area contributed by atoms with Gasteiger partial charge in [-0.25, -0.2) is 18.4 Å². The van der Waals surface area contributed by atoms with Crippen LogP contribution in [0.4, 0.5) is 8.78 Å². The second-order valence-corrected chi connectivity index (χ2v) is 5.04. The summed E-state index contributed by atoms with van der Waals surface area (Å²) in [6.45, 7) is 0. The molecule has 4 nitrogen and oxygen atoms in total. The third kappa shape index (κ3) is 3.08. The van der Waals surface area contributed by atoms with E-state index in [1.54, 1.807) is 0 Å². The fourth-order valence-electron chi connectivity index (χ4n) is 1.87. The van der Waals surface area contributed by atoms with Gasteiger partial charge in [0.2, 0.25) is 0 Å². The minimum atomic E-state index is -2.67. The number of halogens is 2. The van der Waals surface area contributed by atoms with Crippen molar-refractivity contribution in [3.63, 3.8) is 0 Å². The van der Waals surface area contributed by atoms with Crippen molar-refractivity contribution in [3.05, 3.63) is 45.6 Å². The first-order valence-corrected chi connectivity index (χ1v) is 6.64. The van der Waals surface area contributed by atoms with Crippen LogP contribution in [0.2, 0.25) is 0 Å². The van der Waals surface area contributed by atoms with E-state index in [-0.39, 0.29) is 27.1 Å². The summed E-state index contributed by atoms with van der Waals surface area (Å²) in [5, 5.41) is 10.6. The summed E-state index contributed by atoms with van der Waals surface area (Å²) < 4.78 is 30.4. The number of methoxy groups -OCH3 is 1. The number of benzene rings is 1. The molecule has 1 aromatic heterocycles. The smallest absolute Gasteiger partial charge is 0.337 e. The quantitative estimate of drug-likeness (QED) is 0.871. The Morgan fingerprint density at radius 3 is 2.48 bits per heavy atom. The largest absolute Gasteiger partial charge is 0.478 e. The van der Waals surface area contributed by atoms with Gasteiger partial charge in [-0.05, 0) is 35.2 Å². The van der Waals surface area contributed by atoms with Crippen molar-refractivity contribution in [1.29, 1.82) is 0 Å². The Kier molecular flexibility index (Phi) is 4.32. The van der Waals surface area contributed by atoms with Crippen LogP contribution in [-0.4, -0.2) is 24.2 Å². The molecule has 0 saturated heterocycles. The van der Waals surface area contributed by atoms with Crippen molar-refractivity contribution < 1.29 is 28.2 Å². The molecule has 2 aromatic rings. The fraction of sp³-hybridized carbons (Fsp3) is 0.143. The van der Waals surface area contributed by atoms with Crippen LogP contribution in [0.15, 0.2) is 29.6 Å². The van der Waals surface area contributed by atoms with Gasteiger partial charge < -0.3 is 9.84 Å². The number of thiophene rings is 1. The Morgan fingerprint density at radius 1 is 1.24 bits per heavy atom. The summed E-state index contributed by atoms with van der Waals surface area (Å²) in [6.07, 6.45) is -2.67. The van der Waals surface area contributed by atoms with Gasteiger partial charge in [-0.3, -0.25) is 0 Å². The van der Waals surface area contributed by atoms with E-state index in [0.717, 1.165) is 24.5 Å². The van der Waals surface area contributed by atoms with Gasteiger partial charge >= 0.3 is 11.9 Å². The normalized spacial score (nSPS) is 10.7. The van der Waals surface area contributed by atoms with Crippen LogP contribution in [0, 0.1) is 0 Å². The number of carboxylic acids is 1. The van der Waals surface area contributed by atoms with Crippen molar-refractivity contribution in [2.24, 2.45) is 0 Å². The molecule has 0 spiro atoms. The maximum absolute atomic E-state index is 12.9. The van der Waals surface area contributed by atoms with E-state index in [0.29, 0.717) is 0 Å². The summed E-state index contributed by atoms with van der Waals surface area (Å²) in [7, 11) is 1.16. The molecule has 21 heavy (non-hydrogen) atoms. The molecule has 0 aliphatic heterocycles. The number of alkyl halides is 2. The van der Waals surface area contributed by atoms with E-state index in [9.17, 15) is 18.4 Å². The van der Waals surface area contributed by atoms with Crippen molar-refractivity contribution in [2.75, 3.05) is 7.11 Å². The topological polar surface area (TPSA) is 63.6 Å². The summed E-state index contributed by atoms with van der Waals surface area (Å²) in [4.78, 5) is 22.5. The van der Waals surface area contributed by atoms with Crippen LogP contribution >= 0.6 is 11.3 Å². The number of esters is 1. The third-order valence-corrected chi connectivity index (χ3v) is 3.73. The van der Waals surface area contributed by atoms with E-state index in [1.807, 2.05) is 0 Å². The first-order chi connectivity index (χ1) is 9.93. The number of aromatic carboxylic acids is 1. The first-order valence-electron chi connectivity index (χ1n) is 5.76. The van der Waals surface area contributed by atoms with E-state index in [2.05, 4.69) is 4.74 Å². The second-order valence-electron chi connectivity index (χ2n) is 4.09. The van der Waals surface area contributed by atoms with E-state index >= 15 is 0 Å². The summed E-state index contributed by atoms with van der Waals surface area (Å²) >= 11 is 0.873. The summed E-state index contributed by atoms with van der Waals surface area (Å²) in [6, 6.07) is 5.20. The molecule has 0 bridgehead atoms. The first kappa shape index (κ1) is 15.1. The Bertz CT molecular complexity index is 694. The molecule has 0 aliphatic rings. The predicted octanol–water partition coefficient (Wildman–Crippen LogP) is 3.84. The number of carboxylic acid groups (broad SMARTS) is 1. The van der Waals surface area contributed by atoms with E-state index < -0.39 is 18.4 Å². The molecule has 2 rings (SSSR count). The van der Waals surface area contributed by atoms with Crippen LogP contribution in [0.25, 0.3) is 11.1 Å². The van der Waals surface area contributed by atoms with Gasteiger partial charge in [-0.1, -0.05) is 0 Å². The molecule has 0 saturated carbocycles. The molecule has 110 valence electrons. The molecule has 0 radical (unpaired) electrons. The minimum absolute atomic E-state index is 0.00110. The molecular formula is C14H10F2O4S. The zero-order chi connectivity index (χ0) is 15.6. The molecule has 1 N–H and O–H groups in total. The summed E-state index contributed by atoms with van der Waals surface area (Å²) in [5.41, 5.74) is 0.285. The Morgan fingerprint density at radius 2 is 1.90 bits per heavy atom. The van der Waals surface area contributed by atoms with Crippen molar-refractivity contribution >= 4 is 23.3 Å². The average Bonchev–Trinajstić information content (AvgIpc) is 2.95. The fourth-order valence-corrected chi connectivity index (χ4v) is 2.64. The molecule has 0 fully saturated rings. The van der Waals surface area contributed by atoms with Gasteiger partial charge in [0, 0.05) is 5.56 Å². The highest BCUT2D eigenvalue weighted by atomic mass is 32.1. The zero-order valence-corrected chi connectivity index (χ0v) is 11.6. The number of ether oxygens (including phenoxy) is 1. The Labute approximate surface area is 122 Å². The number of carbonyl (C=O) groups is 2. The highest BCUT2D eigenvalue weighted by Gasteiger charge is 2.19. The predicted molar refractivity (Wildman–Crippen MR) is 73.0 cm³/mol. The number of hydrogen-bond donors (Lipinski definition) is 1. The highest BCUT2D eigenvalue weighted by Crippen LogP contribution is 2.36. The van der Waals surface area contributed by atoms with Crippen LogP contribution in [0.1, 0.15) is 32.0 Å². The monoisotopic (exact) mass is 312 g/mol. The third-order valence-electron chi connectivity index (χ3n) is 2.81. The molecule has 0 aliphatic carbocycles. The van der Waals surface area contributed by atoms with E-state index in [4.69, 9.17) is 5.11 Å².